The van der Waals surface area contributed by atoms with Crippen LogP contribution in [0.2, 0.25) is 5.02 Å². The smallest absolute Gasteiger partial charge is 0.289 e. The van der Waals surface area contributed by atoms with Gasteiger partial charge in [-0.2, -0.15) is 0 Å². The van der Waals surface area contributed by atoms with Crippen LogP contribution in [-0.4, -0.2) is 90.2 Å². The van der Waals surface area contributed by atoms with Gasteiger partial charge in [0.15, 0.2) is 5.76 Å². The topological polar surface area (TPSA) is 115 Å². The van der Waals surface area contributed by atoms with Gasteiger partial charge in [-0.3, -0.25) is 24.1 Å². The van der Waals surface area contributed by atoms with Gasteiger partial charge < -0.3 is 24.9 Å². The van der Waals surface area contributed by atoms with Gasteiger partial charge in [0.1, 0.15) is 6.04 Å². The van der Waals surface area contributed by atoms with E-state index in [-0.39, 0.29) is 30.7 Å². The van der Waals surface area contributed by atoms with E-state index < -0.39 is 11.9 Å². The molecule has 180 valence electrons. The van der Waals surface area contributed by atoms with Crippen LogP contribution in [0.1, 0.15) is 17.0 Å². The Kier molecular flexibility index (Phi) is 7.49. The van der Waals surface area contributed by atoms with Crippen LogP contribution >= 0.6 is 11.6 Å². The van der Waals surface area contributed by atoms with E-state index in [9.17, 15) is 19.2 Å². The highest BCUT2D eigenvalue weighted by molar-refractivity contribution is 6.33. The van der Waals surface area contributed by atoms with Crippen molar-refractivity contribution in [1.82, 2.24) is 20.0 Å². The number of rotatable bonds is 6. The molecule has 3 heterocycles. The first-order valence-electron chi connectivity index (χ1n) is 11.1. The lowest BCUT2D eigenvalue weighted by molar-refractivity contribution is -0.145. The molecule has 1 aromatic carbocycles. The number of nitrogens with one attached hydrogen (secondary N) is 2. The summed E-state index contributed by atoms with van der Waals surface area (Å²) >= 11 is 6.09. The maximum Gasteiger partial charge on any atom is 0.289 e. The van der Waals surface area contributed by atoms with Crippen molar-refractivity contribution < 1.29 is 23.6 Å². The summed E-state index contributed by atoms with van der Waals surface area (Å²) < 4.78 is 5.17. The van der Waals surface area contributed by atoms with E-state index in [0.717, 1.165) is 0 Å². The molecule has 0 bridgehead atoms. The van der Waals surface area contributed by atoms with Gasteiger partial charge in [-0.25, -0.2) is 0 Å². The van der Waals surface area contributed by atoms with Crippen LogP contribution < -0.4 is 10.6 Å². The first kappa shape index (κ1) is 23.8. The first-order valence-corrected chi connectivity index (χ1v) is 11.5. The zero-order valence-corrected chi connectivity index (χ0v) is 19.3. The summed E-state index contributed by atoms with van der Waals surface area (Å²) in [6, 6.07) is 9.21. The van der Waals surface area contributed by atoms with E-state index >= 15 is 0 Å². The molecular formula is C23H26ClN5O5. The Hall–Kier alpha value is -3.37. The van der Waals surface area contributed by atoms with Crippen LogP contribution in [-0.2, 0) is 14.4 Å². The minimum atomic E-state index is -0.898. The number of para-hydroxylation sites is 1. The van der Waals surface area contributed by atoms with Gasteiger partial charge in [0.2, 0.25) is 17.7 Å². The molecule has 2 N–H and O–H groups in total. The van der Waals surface area contributed by atoms with Crippen molar-refractivity contribution in [3.05, 3.63) is 53.4 Å². The van der Waals surface area contributed by atoms with Crippen molar-refractivity contribution in [2.75, 3.05) is 51.1 Å². The lowest BCUT2D eigenvalue weighted by Gasteiger charge is -2.38. The number of anilines is 1. The molecule has 0 unspecified atom stereocenters. The SMILES string of the molecule is O=C(C[C@@H]1C(=O)NCCN1C(=O)CN1CCN(C(=O)c2ccco2)CC1)Nc1ccccc1Cl. The molecule has 2 aliphatic rings. The Bertz CT molecular complexity index is 1050. The molecule has 1 aromatic heterocycles. The van der Waals surface area contributed by atoms with Crippen molar-refractivity contribution in [2.24, 2.45) is 0 Å². The van der Waals surface area contributed by atoms with E-state index in [4.69, 9.17) is 16.0 Å². The maximum atomic E-state index is 13.1. The molecule has 2 saturated heterocycles. The van der Waals surface area contributed by atoms with E-state index in [0.29, 0.717) is 55.7 Å². The second kappa shape index (κ2) is 10.7. The Morgan fingerprint density at radius 1 is 1.06 bits per heavy atom. The van der Waals surface area contributed by atoms with Crippen LogP contribution in [0.3, 0.4) is 0 Å². The fourth-order valence-electron chi connectivity index (χ4n) is 4.10. The zero-order valence-electron chi connectivity index (χ0n) is 18.5. The molecule has 11 heteroatoms. The fourth-order valence-corrected chi connectivity index (χ4v) is 4.29. The number of hydrogen-bond donors (Lipinski definition) is 2. The number of carbonyl (C=O) groups is 4. The Balaban J connectivity index is 1.32. The first-order chi connectivity index (χ1) is 16.4. The molecule has 4 rings (SSSR count). The fraction of sp³-hybridized carbons (Fsp3) is 0.391. The third-order valence-electron chi connectivity index (χ3n) is 5.93. The second-order valence-electron chi connectivity index (χ2n) is 8.17. The quantitative estimate of drug-likeness (QED) is 0.629. The van der Waals surface area contributed by atoms with Crippen LogP contribution in [0.25, 0.3) is 0 Å². The number of amides is 4. The molecule has 2 aromatic rings. The molecule has 0 spiro atoms. The highest BCUT2D eigenvalue weighted by atomic mass is 35.5. The Labute approximate surface area is 201 Å². The summed E-state index contributed by atoms with van der Waals surface area (Å²) in [4.78, 5) is 55.7. The Morgan fingerprint density at radius 3 is 2.53 bits per heavy atom. The monoisotopic (exact) mass is 487 g/mol. The molecule has 34 heavy (non-hydrogen) atoms. The standard InChI is InChI=1S/C23H26ClN5O5/c24-16-4-1-2-5-17(16)26-20(30)14-18-22(32)25-7-8-29(18)21(31)15-27-9-11-28(12-10-27)23(33)19-6-3-13-34-19/h1-6,13,18H,7-12,14-15H2,(H,25,32)(H,26,30)/t18-/m1/s1. The van der Waals surface area contributed by atoms with Gasteiger partial charge >= 0.3 is 0 Å². The molecule has 4 amide bonds. The molecule has 2 fully saturated rings. The number of hydrogen-bond acceptors (Lipinski definition) is 6. The van der Waals surface area contributed by atoms with Crippen molar-refractivity contribution in [1.29, 1.82) is 0 Å². The molecule has 1 atom stereocenters. The van der Waals surface area contributed by atoms with Crippen molar-refractivity contribution in [3.63, 3.8) is 0 Å². The zero-order chi connectivity index (χ0) is 24.1. The van der Waals surface area contributed by atoms with E-state index in [1.54, 1.807) is 41.3 Å². The molecule has 0 radical (unpaired) electrons. The lowest BCUT2D eigenvalue weighted by Crippen LogP contribution is -2.60. The van der Waals surface area contributed by atoms with Gasteiger partial charge in [0, 0.05) is 39.3 Å². The average molecular weight is 488 g/mol. The highest BCUT2D eigenvalue weighted by Crippen LogP contribution is 2.21. The predicted octanol–water partition coefficient (Wildman–Crippen LogP) is 1.05. The predicted molar refractivity (Wildman–Crippen MR) is 124 cm³/mol. The molecule has 0 saturated carbocycles. The van der Waals surface area contributed by atoms with Gasteiger partial charge in [0.25, 0.3) is 5.91 Å². The summed E-state index contributed by atoms with van der Waals surface area (Å²) in [5.41, 5.74) is 0.449. The summed E-state index contributed by atoms with van der Waals surface area (Å²) in [5.74, 6) is -0.869. The normalized spacial score (nSPS) is 19.0. The number of piperazine rings is 2. The largest absolute Gasteiger partial charge is 0.459 e. The van der Waals surface area contributed by atoms with Gasteiger partial charge in [0.05, 0.1) is 29.9 Å². The lowest BCUT2D eigenvalue weighted by atomic mass is 10.1. The van der Waals surface area contributed by atoms with Crippen LogP contribution in [0, 0.1) is 0 Å². The summed E-state index contributed by atoms with van der Waals surface area (Å²) in [6.45, 7) is 2.75. The number of halogens is 1. The van der Waals surface area contributed by atoms with Gasteiger partial charge in [-0.1, -0.05) is 23.7 Å². The van der Waals surface area contributed by atoms with Crippen LogP contribution in [0.4, 0.5) is 5.69 Å². The minimum absolute atomic E-state index is 0.110. The van der Waals surface area contributed by atoms with Gasteiger partial charge in [-0.05, 0) is 24.3 Å². The minimum Gasteiger partial charge on any atom is -0.459 e. The van der Waals surface area contributed by atoms with E-state index in [1.807, 2.05) is 4.90 Å². The number of benzene rings is 1. The number of carbonyl (C=O) groups excluding carboxylic acids is 4. The van der Waals surface area contributed by atoms with Crippen molar-refractivity contribution in [2.45, 2.75) is 12.5 Å². The Morgan fingerprint density at radius 2 is 1.82 bits per heavy atom. The molecular weight excluding hydrogens is 462 g/mol. The summed E-state index contributed by atoms with van der Waals surface area (Å²) in [5, 5.41) is 5.82. The summed E-state index contributed by atoms with van der Waals surface area (Å²) in [6.07, 6.45) is 1.29. The van der Waals surface area contributed by atoms with Crippen molar-refractivity contribution in [3.8, 4) is 0 Å². The van der Waals surface area contributed by atoms with Crippen molar-refractivity contribution >= 4 is 40.9 Å². The number of nitrogens with zero attached hydrogens (tertiary/aromatic N) is 3. The second-order valence-corrected chi connectivity index (χ2v) is 8.58. The summed E-state index contributed by atoms with van der Waals surface area (Å²) in [7, 11) is 0. The maximum absolute atomic E-state index is 13.1. The van der Waals surface area contributed by atoms with E-state index in [1.165, 1.54) is 11.2 Å². The average Bonchev–Trinajstić information content (AvgIpc) is 3.37. The molecule has 10 nitrogen and oxygen atoms in total. The van der Waals surface area contributed by atoms with E-state index in [2.05, 4.69) is 10.6 Å². The van der Waals surface area contributed by atoms with Crippen LogP contribution in [0.5, 0.6) is 0 Å². The number of furan rings is 1. The third-order valence-corrected chi connectivity index (χ3v) is 6.26. The van der Waals surface area contributed by atoms with Gasteiger partial charge in [-0.15, -0.1) is 0 Å². The third kappa shape index (κ3) is 5.57. The van der Waals surface area contributed by atoms with Crippen LogP contribution in [0.15, 0.2) is 47.1 Å². The molecule has 2 aliphatic heterocycles. The highest BCUT2D eigenvalue weighted by Gasteiger charge is 2.35. The molecule has 0 aliphatic carbocycles.